The minimum atomic E-state index is -0.572. The van der Waals surface area contributed by atoms with Gasteiger partial charge in [0.25, 0.3) is 5.91 Å². The lowest BCUT2D eigenvalue weighted by Gasteiger charge is -2.50. The van der Waals surface area contributed by atoms with Gasteiger partial charge in [0.2, 0.25) is 5.91 Å². The number of ether oxygens (including phenoxy) is 1. The second-order valence-electron chi connectivity index (χ2n) is 8.84. The van der Waals surface area contributed by atoms with Gasteiger partial charge < -0.3 is 15.0 Å². The van der Waals surface area contributed by atoms with Gasteiger partial charge >= 0.3 is 0 Å². The highest BCUT2D eigenvalue weighted by Gasteiger charge is 2.56. The summed E-state index contributed by atoms with van der Waals surface area (Å²) in [7, 11) is 1.63. The van der Waals surface area contributed by atoms with Crippen LogP contribution in [0.15, 0.2) is 78.9 Å². The van der Waals surface area contributed by atoms with E-state index >= 15 is 0 Å². The van der Waals surface area contributed by atoms with Crippen molar-refractivity contribution >= 4 is 17.5 Å². The molecule has 2 amide bonds. The Balaban J connectivity index is 1.57. The van der Waals surface area contributed by atoms with Crippen LogP contribution in [-0.4, -0.2) is 24.5 Å². The number of para-hydroxylation sites is 2. The van der Waals surface area contributed by atoms with Crippen molar-refractivity contribution in [3.63, 3.8) is 0 Å². The minimum absolute atomic E-state index is 0.0209. The number of hydrogen-bond donors (Lipinski definition) is 1. The molecule has 1 fully saturated rings. The van der Waals surface area contributed by atoms with Crippen molar-refractivity contribution in [1.82, 2.24) is 5.32 Å². The summed E-state index contributed by atoms with van der Waals surface area (Å²) >= 11 is 0. The fourth-order valence-electron chi connectivity index (χ4n) is 5.65. The summed E-state index contributed by atoms with van der Waals surface area (Å²) in [5.41, 5.74) is 2.64. The van der Waals surface area contributed by atoms with E-state index in [2.05, 4.69) is 5.32 Å². The van der Waals surface area contributed by atoms with Crippen LogP contribution < -0.4 is 15.0 Å². The van der Waals surface area contributed by atoms with Crippen molar-refractivity contribution in [3.05, 3.63) is 95.6 Å². The zero-order chi connectivity index (χ0) is 22.8. The molecule has 2 aliphatic rings. The zero-order valence-corrected chi connectivity index (χ0v) is 18.8. The number of benzene rings is 3. The quantitative estimate of drug-likeness (QED) is 0.603. The Hall–Kier alpha value is -3.60. The van der Waals surface area contributed by atoms with E-state index in [4.69, 9.17) is 4.74 Å². The number of hydrogen-bond acceptors (Lipinski definition) is 3. The molecule has 1 heterocycles. The highest BCUT2D eigenvalue weighted by Crippen LogP contribution is 2.51. The van der Waals surface area contributed by atoms with E-state index in [1.807, 2.05) is 83.8 Å². The van der Waals surface area contributed by atoms with Crippen molar-refractivity contribution in [2.45, 2.75) is 43.7 Å². The fourth-order valence-corrected chi connectivity index (χ4v) is 5.65. The summed E-state index contributed by atoms with van der Waals surface area (Å²) in [5.74, 6) is 0.235. The number of carbonyl (C=O) groups is 2. The predicted molar refractivity (Wildman–Crippen MR) is 128 cm³/mol. The maximum absolute atomic E-state index is 13.9. The molecule has 0 saturated heterocycles. The molecule has 0 aromatic heterocycles. The summed E-state index contributed by atoms with van der Waals surface area (Å²) in [5, 5.41) is 3.17. The maximum atomic E-state index is 13.9. The molecule has 1 aliphatic heterocycles. The van der Waals surface area contributed by atoms with Crippen LogP contribution >= 0.6 is 0 Å². The van der Waals surface area contributed by atoms with Crippen molar-refractivity contribution in [2.75, 3.05) is 12.0 Å². The summed E-state index contributed by atoms with van der Waals surface area (Å²) in [4.78, 5) is 29.6. The van der Waals surface area contributed by atoms with Crippen molar-refractivity contribution in [2.24, 2.45) is 0 Å². The predicted octanol–water partition coefficient (Wildman–Crippen LogP) is 5.07. The summed E-state index contributed by atoms with van der Waals surface area (Å²) in [6.07, 6.45) is 3.59. The lowest BCUT2D eigenvalue weighted by atomic mass is 9.70. The third kappa shape index (κ3) is 3.58. The molecule has 1 atom stereocenters. The van der Waals surface area contributed by atoms with E-state index in [0.717, 1.165) is 48.2 Å². The standard InChI is InChI=1S/C28H28N2O3/c1-33-24-16-8-5-11-20(24)19-29-26(31)25-22-14-6-7-15-23(22)27(32)30(21-12-3-2-4-13-21)28(25)17-9-10-18-28/h2-8,11-16,25H,9-10,17-19H2,1H3,(H,29,31)/t25-/m1/s1. The average molecular weight is 441 g/mol. The number of nitrogens with one attached hydrogen (secondary N) is 1. The first-order valence-corrected chi connectivity index (χ1v) is 11.5. The zero-order valence-electron chi connectivity index (χ0n) is 18.8. The number of amides is 2. The molecule has 1 saturated carbocycles. The van der Waals surface area contributed by atoms with Gasteiger partial charge in [-0.25, -0.2) is 0 Å². The first-order chi connectivity index (χ1) is 16.2. The molecule has 168 valence electrons. The van der Waals surface area contributed by atoms with Gasteiger partial charge in [-0.05, 0) is 42.7 Å². The van der Waals surface area contributed by atoms with Crippen molar-refractivity contribution < 1.29 is 14.3 Å². The van der Waals surface area contributed by atoms with E-state index in [9.17, 15) is 9.59 Å². The third-order valence-corrected chi connectivity index (χ3v) is 7.08. The number of carbonyl (C=O) groups excluding carboxylic acids is 2. The maximum Gasteiger partial charge on any atom is 0.259 e. The molecular formula is C28H28N2O3. The third-order valence-electron chi connectivity index (χ3n) is 7.08. The molecular weight excluding hydrogens is 412 g/mol. The van der Waals surface area contributed by atoms with E-state index in [-0.39, 0.29) is 11.8 Å². The summed E-state index contributed by atoms with van der Waals surface area (Å²) < 4.78 is 5.46. The smallest absolute Gasteiger partial charge is 0.259 e. The summed E-state index contributed by atoms with van der Waals surface area (Å²) in [6, 6.07) is 25.1. The molecule has 0 radical (unpaired) electrons. The van der Waals surface area contributed by atoms with E-state index in [1.165, 1.54) is 0 Å². The lowest BCUT2D eigenvalue weighted by Crippen LogP contribution is -2.61. The van der Waals surface area contributed by atoms with E-state index in [0.29, 0.717) is 12.1 Å². The molecule has 33 heavy (non-hydrogen) atoms. The number of anilines is 1. The SMILES string of the molecule is COc1ccccc1CNC(=O)[C@H]1c2ccccc2C(=O)N(c2ccccc2)C12CCCC2. The van der Waals surface area contributed by atoms with Gasteiger partial charge in [-0.1, -0.05) is 67.4 Å². The van der Waals surface area contributed by atoms with Crippen molar-refractivity contribution in [3.8, 4) is 5.75 Å². The van der Waals surface area contributed by atoms with Gasteiger partial charge in [0.05, 0.1) is 18.6 Å². The Morgan fingerprint density at radius 2 is 1.64 bits per heavy atom. The molecule has 1 aliphatic carbocycles. The minimum Gasteiger partial charge on any atom is -0.496 e. The van der Waals surface area contributed by atoms with Crippen LogP contribution in [0.3, 0.4) is 0 Å². The van der Waals surface area contributed by atoms with Crippen LogP contribution in [-0.2, 0) is 11.3 Å². The molecule has 3 aromatic carbocycles. The van der Waals surface area contributed by atoms with Gasteiger partial charge in [0.1, 0.15) is 5.75 Å². The number of rotatable bonds is 5. The van der Waals surface area contributed by atoms with E-state index < -0.39 is 11.5 Å². The van der Waals surface area contributed by atoms with Crippen LogP contribution in [0.2, 0.25) is 0 Å². The van der Waals surface area contributed by atoms with Crippen LogP contribution in [0.25, 0.3) is 0 Å². The van der Waals surface area contributed by atoms with Gasteiger partial charge in [0.15, 0.2) is 0 Å². The summed E-state index contributed by atoms with van der Waals surface area (Å²) in [6.45, 7) is 0.372. The van der Waals surface area contributed by atoms with Crippen LogP contribution in [0.5, 0.6) is 5.75 Å². The Labute approximate surface area is 194 Å². The highest BCUT2D eigenvalue weighted by atomic mass is 16.5. The first kappa shape index (κ1) is 21.3. The molecule has 1 spiro atoms. The molecule has 1 N–H and O–H groups in total. The van der Waals surface area contributed by atoms with Gasteiger partial charge in [0, 0.05) is 23.4 Å². The lowest BCUT2D eigenvalue weighted by molar-refractivity contribution is -0.124. The van der Waals surface area contributed by atoms with Gasteiger partial charge in [-0.2, -0.15) is 0 Å². The Morgan fingerprint density at radius 1 is 0.970 bits per heavy atom. The fraction of sp³-hybridized carbons (Fsp3) is 0.286. The molecule has 5 nitrogen and oxygen atoms in total. The molecule has 5 rings (SSSR count). The highest BCUT2D eigenvalue weighted by molar-refractivity contribution is 6.12. The first-order valence-electron chi connectivity index (χ1n) is 11.5. The van der Waals surface area contributed by atoms with Crippen LogP contribution in [0, 0.1) is 0 Å². The average Bonchev–Trinajstić information content (AvgIpc) is 3.33. The molecule has 0 unspecified atom stereocenters. The number of nitrogens with zero attached hydrogens (tertiary/aromatic N) is 1. The number of fused-ring (bicyclic) bond motifs is 1. The monoisotopic (exact) mass is 440 g/mol. The molecule has 3 aromatic rings. The number of methoxy groups -OCH3 is 1. The van der Waals surface area contributed by atoms with Crippen LogP contribution in [0.1, 0.15) is 53.1 Å². The second-order valence-corrected chi connectivity index (χ2v) is 8.84. The Kier molecular flexibility index (Phi) is 5.63. The Morgan fingerprint density at radius 3 is 2.39 bits per heavy atom. The topological polar surface area (TPSA) is 58.6 Å². The van der Waals surface area contributed by atoms with Gasteiger partial charge in [-0.15, -0.1) is 0 Å². The largest absolute Gasteiger partial charge is 0.496 e. The normalized spacial score (nSPS) is 18.8. The van der Waals surface area contributed by atoms with Crippen molar-refractivity contribution in [1.29, 1.82) is 0 Å². The van der Waals surface area contributed by atoms with Crippen LogP contribution in [0.4, 0.5) is 5.69 Å². The molecule has 0 bridgehead atoms. The van der Waals surface area contributed by atoms with E-state index in [1.54, 1.807) is 7.11 Å². The van der Waals surface area contributed by atoms with Gasteiger partial charge in [-0.3, -0.25) is 9.59 Å². The molecule has 5 heteroatoms. The second kappa shape index (κ2) is 8.74. The Bertz CT molecular complexity index is 1170.